The molecule has 2 heterocycles. The first-order chi connectivity index (χ1) is 14.7. The summed E-state index contributed by atoms with van der Waals surface area (Å²) in [7, 11) is 0. The van der Waals surface area contributed by atoms with Crippen molar-refractivity contribution in [3.63, 3.8) is 0 Å². The van der Waals surface area contributed by atoms with Crippen molar-refractivity contribution in [3.05, 3.63) is 94.1 Å². The van der Waals surface area contributed by atoms with Crippen LogP contribution in [0.5, 0.6) is 0 Å². The second kappa shape index (κ2) is 9.26. The Hall–Kier alpha value is -2.92. The second-order valence-electron chi connectivity index (χ2n) is 7.52. The van der Waals surface area contributed by atoms with E-state index in [0.717, 1.165) is 34.0 Å². The van der Waals surface area contributed by atoms with Crippen molar-refractivity contribution in [2.75, 3.05) is 6.54 Å². The summed E-state index contributed by atoms with van der Waals surface area (Å²) in [5.41, 5.74) is 4.47. The molecule has 2 aromatic carbocycles. The molecule has 4 rings (SSSR count). The molecule has 5 heteroatoms. The molecule has 1 atom stereocenters. The van der Waals surface area contributed by atoms with Crippen LogP contribution in [0.15, 0.2) is 71.6 Å². The lowest BCUT2D eigenvalue weighted by molar-refractivity contribution is -0.121. The highest BCUT2D eigenvalue weighted by Gasteiger charge is 2.23. The summed E-state index contributed by atoms with van der Waals surface area (Å²) >= 11 is 1.65. The van der Waals surface area contributed by atoms with Gasteiger partial charge in [0.25, 0.3) is 0 Å². The van der Waals surface area contributed by atoms with E-state index < -0.39 is 0 Å². The fourth-order valence-corrected chi connectivity index (χ4v) is 4.59. The second-order valence-corrected chi connectivity index (χ2v) is 8.30. The summed E-state index contributed by atoms with van der Waals surface area (Å²) in [5.74, 6) is -0.164. The summed E-state index contributed by atoms with van der Waals surface area (Å²) in [6, 6.07) is 17.0. The van der Waals surface area contributed by atoms with Crippen LogP contribution >= 0.6 is 11.3 Å². The number of nitrogens with one attached hydrogen (secondary N) is 1. The van der Waals surface area contributed by atoms with E-state index in [1.165, 1.54) is 12.1 Å². The lowest BCUT2D eigenvalue weighted by Crippen LogP contribution is -2.25. The monoisotopic (exact) mass is 420 g/mol. The van der Waals surface area contributed by atoms with Gasteiger partial charge in [0.2, 0.25) is 5.91 Å². The van der Waals surface area contributed by atoms with Crippen LogP contribution in [0.25, 0.3) is 10.9 Å². The van der Waals surface area contributed by atoms with Crippen molar-refractivity contribution in [3.8, 4) is 0 Å². The van der Waals surface area contributed by atoms with Gasteiger partial charge in [-0.25, -0.2) is 4.39 Å². The van der Waals surface area contributed by atoms with E-state index in [1.54, 1.807) is 11.3 Å². The van der Waals surface area contributed by atoms with Crippen molar-refractivity contribution < 1.29 is 9.18 Å². The number of thiophene rings is 1. The first-order valence-electron chi connectivity index (χ1n) is 10.3. The quantitative estimate of drug-likeness (QED) is 0.376. The molecule has 0 saturated carbocycles. The molecule has 3 nitrogen and oxygen atoms in total. The molecule has 1 unspecified atom stereocenters. The van der Waals surface area contributed by atoms with E-state index >= 15 is 0 Å². The number of para-hydroxylation sites is 1. The third-order valence-electron chi connectivity index (χ3n) is 5.37. The van der Waals surface area contributed by atoms with Gasteiger partial charge in [-0.05, 0) is 58.1 Å². The predicted molar refractivity (Wildman–Crippen MR) is 122 cm³/mol. The first-order valence-corrected chi connectivity index (χ1v) is 11.2. The van der Waals surface area contributed by atoms with Gasteiger partial charge in [-0.3, -0.25) is 4.79 Å². The van der Waals surface area contributed by atoms with Crippen LogP contribution in [-0.2, 0) is 11.3 Å². The van der Waals surface area contributed by atoms with Crippen molar-refractivity contribution in [1.29, 1.82) is 0 Å². The highest BCUT2D eigenvalue weighted by atomic mass is 32.1. The molecule has 0 aliphatic rings. The first kappa shape index (κ1) is 20.4. The Morgan fingerprint density at radius 2 is 1.93 bits per heavy atom. The van der Waals surface area contributed by atoms with Crippen LogP contribution in [-0.4, -0.2) is 17.0 Å². The molecule has 0 fully saturated rings. The number of halogens is 1. The van der Waals surface area contributed by atoms with Gasteiger partial charge < -0.3 is 9.88 Å². The summed E-state index contributed by atoms with van der Waals surface area (Å²) in [6.45, 7) is 3.40. The van der Waals surface area contributed by atoms with E-state index in [2.05, 4.69) is 52.0 Å². The third kappa shape index (κ3) is 4.46. The molecular formula is C25H25FN2OS. The number of nitrogens with zero attached hydrogens (tertiary/aromatic N) is 1. The van der Waals surface area contributed by atoms with E-state index in [1.807, 2.05) is 24.3 Å². The van der Waals surface area contributed by atoms with Crippen molar-refractivity contribution in [1.82, 2.24) is 9.88 Å². The number of aromatic nitrogens is 1. The van der Waals surface area contributed by atoms with Crippen LogP contribution in [0, 0.1) is 5.82 Å². The predicted octanol–water partition coefficient (Wildman–Crippen LogP) is 5.94. The highest BCUT2D eigenvalue weighted by Crippen LogP contribution is 2.36. The van der Waals surface area contributed by atoms with Gasteiger partial charge in [-0.2, -0.15) is 11.3 Å². The Kier molecular flexibility index (Phi) is 6.29. The van der Waals surface area contributed by atoms with Gasteiger partial charge in [0, 0.05) is 42.5 Å². The Morgan fingerprint density at radius 3 is 2.67 bits per heavy atom. The lowest BCUT2D eigenvalue weighted by atomic mass is 9.89. The van der Waals surface area contributed by atoms with Crippen molar-refractivity contribution >= 4 is 28.1 Å². The topological polar surface area (TPSA) is 34.0 Å². The summed E-state index contributed by atoms with van der Waals surface area (Å²) in [4.78, 5) is 12.6. The Morgan fingerprint density at radius 1 is 1.13 bits per heavy atom. The molecule has 0 saturated heterocycles. The smallest absolute Gasteiger partial charge is 0.220 e. The zero-order chi connectivity index (χ0) is 20.9. The molecular weight excluding hydrogens is 395 g/mol. The lowest BCUT2D eigenvalue weighted by Gasteiger charge is -2.15. The van der Waals surface area contributed by atoms with Gasteiger partial charge in [0.15, 0.2) is 0 Å². The van der Waals surface area contributed by atoms with Gasteiger partial charge in [0.1, 0.15) is 5.82 Å². The summed E-state index contributed by atoms with van der Waals surface area (Å²) in [6.07, 6.45) is 3.50. The summed E-state index contributed by atoms with van der Waals surface area (Å²) < 4.78 is 15.5. The van der Waals surface area contributed by atoms with Crippen LogP contribution in [0.3, 0.4) is 0 Å². The minimum atomic E-state index is -0.229. The Labute approximate surface area is 180 Å². The Bertz CT molecular complexity index is 1120. The Balaban J connectivity index is 1.73. The number of hydrogen-bond donors (Lipinski definition) is 1. The molecule has 4 aromatic rings. The van der Waals surface area contributed by atoms with Gasteiger partial charge >= 0.3 is 0 Å². The average Bonchev–Trinajstić information content (AvgIpc) is 3.41. The molecule has 30 heavy (non-hydrogen) atoms. The van der Waals surface area contributed by atoms with E-state index in [-0.39, 0.29) is 17.6 Å². The number of rotatable bonds is 8. The number of amides is 1. The number of fused-ring (bicyclic) bond motifs is 1. The number of carbonyl (C=O) groups excluding carboxylic acids is 1. The van der Waals surface area contributed by atoms with Crippen molar-refractivity contribution in [2.45, 2.75) is 32.2 Å². The molecule has 0 bridgehead atoms. The molecule has 1 N–H and O–H groups in total. The van der Waals surface area contributed by atoms with Crippen LogP contribution in [0.2, 0.25) is 0 Å². The van der Waals surface area contributed by atoms with E-state index in [0.29, 0.717) is 19.5 Å². The fourth-order valence-electron chi connectivity index (χ4n) is 3.87. The molecule has 0 aliphatic carbocycles. The standard InChI is InChI=1S/C25H25FN2OS/c1-2-12-27-25(29)14-22(19-11-13-30-17-19)23-16-28(24-6-4-3-5-21(23)24)15-18-7-9-20(26)10-8-18/h3-11,13,16-17,22H,2,12,14-15H2,1H3,(H,27,29). The van der Waals surface area contributed by atoms with E-state index in [9.17, 15) is 9.18 Å². The molecule has 0 aliphatic heterocycles. The zero-order valence-electron chi connectivity index (χ0n) is 17.0. The SMILES string of the molecule is CCCNC(=O)CC(c1ccsc1)c1cn(Cc2ccc(F)cc2)c2ccccc12. The molecule has 1 amide bonds. The number of benzene rings is 2. The third-order valence-corrected chi connectivity index (χ3v) is 6.07. The van der Waals surface area contributed by atoms with Crippen LogP contribution < -0.4 is 5.32 Å². The average molecular weight is 421 g/mol. The summed E-state index contributed by atoms with van der Waals surface area (Å²) in [5, 5.41) is 8.36. The van der Waals surface area contributed by atoms with Gasteiger partial charge in [0.05, 0.1) is 0 Å². The van der Waals surface area contributed by atoms with Crippen LogP contribution in [0.4, 0.5) is 4.39 Å². The van der Waals surface area contributed by atoms with Crippen LogP contribution in [0.1, 0.15) is 42.4 Å². The maximum absolute atomic E-state index is 13.3. The fraction of sp³-hybridized carbons (Fsp3) is 0.240. The minimum Gasteiger partial charge on any atom is -0.356 e. The molecule has 0 spiro atoms. The number of carbonyl (C=O) groups is 1. The molecule has 0 radical (unpaired) electrons. The zero-order valence-corrected chi connectivity index (χ0v) is 17.8. The maximum atomic E-state index is 13.3. The maximum Gasteiger partial charge on any atom is 0.220 e. The van der Waals surface area contributed by atoms with Gasteiger partial charge in [-0.15, -0.1) is 0 Å². The molecule has 2 aromatic heterocycles. The normalized spacial score (nSPS) is 12.2. The minimum absolute atomic E-state index is 0.00697. The number of hydrogen-bond acceptors (Lipinski definition) is 2. The molecule has 154 valence electrons. The van der Waals surface area contributed by atoms with E-state index in [4.69, 9.17) is 0 Å². The van der Waals surface area contributed by atoms with Crippen molar-refractivity contribution in [2.24, 2.45) is 0 Å². The largest absolute Gasteiger partial charge is 0.356 e. The van der Waals surface area contributed by atoms with Gasteiger partial charge in [-0.1, -0.05) is 37.3 Å². The highest BCUT2D eigenvalue weighted by molar-refractivity contribution is 7.08.